The minimum Gasteiger partial charge on any atom is -0.497 e. The Balaban J connectivity index is 1.50. The van der Waals surface area contributed by atoms with E-state index in [2.05, 4.69) is 5.32 Å². The highest BCUT2D eigenvalue weighted by atomic mass is 16.5. The number of ether oxygens (including phenoxy) is 2. The molecule has 5 rings (SSSR count). The molecule has 0 saturated heterocycles. The molecule has 5 heteroatoms. The topological polar surface area (TPSA) is 64.6 Å². The molecule has 176 valence electrons. The summed E-state index contributed by atoms with van der Waals surface area (Å²) >= 11 is 0. The van der Waals surface area contributed by atoms with Crippen molar-refractivity contribution in [2.75, 3.05) is 7.11 Å². The zero-order chi connectivity index (χ0) is 23.7. The number of carbonyl (C=O) groups excluding carboxylic acids is 2. The second-order valence-corrected chi connectivity index (χ2v) is 9.51. The number of nitrogens with one attached hydrogen (secondary N) is 1. The summed E-state index contributed by atoms with van der Waals surface area (Å²) in [6.45, 7) is 1.92. The average molecular weight is 458 g/mol. The molecule has 0 radical (unpaired) electrons. The molecule has 0 bridgehead atoms. The van der Waals surface area contributed by atoms with Gasteiger partial charge in [-0.25, -0.2) is 4.79 Å². The number of allylic oxidation sites excluding steroid dienone is 3. The van der Waals surface area contributed by atoms with Crippen molar-refractivity contribution in [3.63, 3.8) is 0 Å². The fourth-order valence-electron chi connectivity index (χ4n) is 5.62. The van der Waals surface area contributed by atoms with Crippen LogP contribution in [-0.2, 0) is 14.3 Å². The van der Waals surface area contributed by atoms with Gasteiger partial charge in [0.2, 0.25) is 0 Å². The van der Waals surface area contributed by atoms with Crippen molar-refractivity contribution in [2.24, 2.45) is 0 Å². The Morgan fingerprint density at radius 1 is 0.941 bits per heavy atom. The molecule has 2 aliphatic carbocycles. The van der Waals surface area contributed by atoms with E-state index in [9.17, 15) is 9.59 Å². The van der Waals surface area contributed by atoms with Crippen LogP contribution in [0, 0.1) is 0 Å². The van der Waals surface area contributed by atoms with Gasteiger partial charge in [-0.15, -0.1) is 0 Å². The molecule has 0 amide bonds. The smallest absolute Gasteiger partial charge is 0.337 e. The Morgan fingerprint density at radius 2 is 1.65 bits per heavy atom. The van der Waals surface area contributed by atoms with Crippen molar-refractivity contribution >= 4 is 11.8 Å². The Morgan fingerprint density at radius 3 is 2.32 bits per heavy atom. The van der Waals surface area contributed by atoms with Gasteiger partial charge in [0.25, 0.3) is 0 Å². The van der Waals surface area contributed by atoms with E-state index in [0.717, 1.165) is 60.4 Å². The number of methoxy groups -OCH3 is 1. The summed E-state index contributed by atoms with van der Waals surface area (Å²) < 4.78 is 11.2. The molecule has 34 heavy (non-hydrogen) atoms. The van der Waals surface area contributed by atoms with Gasteiger partial charge in [-0.1, -0.05) is 42.5 Å². The highest BCUT2D eigenvalue weighted by molar-refractivity contribution is 6.04. The van der Waals surface area contributed by atoms with Crippen LogP contribution in [0.5, 0.6) is 5.75 Å². The summed E-state index contributed by atoms with van der Waals surface area (Å²) in [6, 6.07) is 17.8. The predicted octanol–water partition coefficient (Wildman–Crippen LogP) is 5.54. The van der Waals surface area contributed by atoms with Gasteiger partial charge in [0.05, 0.1) is 12.7 Å². The lowest BCUT2D eigenvalue weighted by molar-refractivity contribution is -0.144. The first-order chi connectivity index (χ1) is 16.5. The average Bonchev–Trinajstić information content (AvgIpc) is 3.36. The summed E-state index contributed by atoms with van der Waals surface area (Å²) in [4.78, 5) is 27.1. The van der Waals surface area contributed by atoms with Crippen LogP contribution >= 0.6 is 0 Å². The lowest BCUT2D eigenvalue weighted by Gasteiger charge is -2.37. The Kier molecular flexibility index (Phi) is 6.27. The molecule has 1 heterocycles. The molecule has 1 fully saturated rings. The quantitative estimate of drug-likeness (QED) is 0.597. The van der Waals surface area contributed by atoms with Crippen molar-refractivity contribution in [3.8, 4) is 5.75 Å². The third-order valence-corrected chi connectivity index (χ3v) is 7.34. The van der Waals surface area contributed by atoms with E-state index in [4.69, 9.17) is 9.47 Å². The van der Waals surface area contributed by atoms with Gasteiger partial charge in [0, 0.05) is 29.3 Å². The third-order valence-electron chi connectivity index (χ3n) is 7.34. The summed E-state index contributed by atoms with van der Waals surface area (Å²) in [5.74, 6) is 0.260. The second-order valence-electron chi connectivity index (χ2n) is 9.51. The van der Waals surface area contributed by atoms with E-state index in [-0.39, 0.29) is 23.8 Å². The summed E-state index contributed by atoms with van der Waals surface area (Å²) in [6.07, 6.45) is 5.13. The maximum Gasteiger partial charge on any atom is 0.337 e. The maximum atomic E-state index is 13.6. The van der Waals surface area contributed by atoms with Crippen LogP contribution in [0.3, 0.4) is 0 Å². The zero-order valence-corrected chi connectivity index (χ0v) is 19.8. The van der Waals surface area contributed by atoms with Crippen LogP contribution in [0.4, 0.5) is 0 Å². The number of ketones is 1. The number of esters is 1. The minimum atomic E-state index is -0.407. The van der Waals surface area contributed by atoms with E-state index in [1.807, 2.05) is 61.5 Å². The molecule has 1 N–H and O–H groups in total. The van der Waals surface area contributed by atoms with E-state index in [0.29, 0.717) is 17.6 Å². The van der Waals surface area contributed by atoms with Crippen molar-refractivity contribution in [1.82, 2.24) is 5.32 Å². The lowest BCUT2D eigenvalue weighted by Crippen LogP contribution is -2.36. The normalized spacial score (nSPS) is 22.9. The van der Waals surface area contributed by atoms with Gasteiger partial charge in [-0.05, 0) is 68.2 Å². The SMILES string of the molecule is COc1ccc(C2CC(=O)C3=C(C2)NC(C)=C(C(=O)OC2CCCC2)C3c2ccccc2)cc1. The molecule has 2 atom stereocenters. The van der Waals surface area contributed by atoms with Crippen LogP contribution in [0.1, 0.15) is 68.4 Å². The van der Waals surface area contributed by atoms with E-state index in [1.54, 1.807) is 7.11 Å². The Labute approximate surface area is 200 Å². The van der Waals surface area contributed by atoms with Crippen LogP contribution in [0.2, 0.25) is 0 Å². The van der Waals surface area contributed by atoms with Gasteiger partial charge in [-0.3, -0.25) is 4.79 Å². The first-order valence-corrected chi connectivity index (χ1v) is 12.2. The second kappa shape index (κ2) is 9.49. The fourth-order valence-corrected chi connectivity index (χ4v) is 5.62. The molecular formula is C29H31NO4. The number of dihydropyridines is 1. The molecule has 1 saturated carbocycles. The first kappa shape index (κ1) is 22.5. The molecule has 3 aliphatic rings. The summed E-state index contributed by atoms with van der Waals surface area (Å²) in [5.41, 5.74) is 5.03. The number of hydrogen-bond donors (Lipinski definition) is 1. The number of hydrogen-bond acceptors (Lipinski definition) is 5. The highest BCUT2D eigenvalue weighted by Gasteiger charge is 2.41. The van der Waals surface area contributed by atoms with Crippen LogP contribution in [0.25, 0.3) is 0 Å². The van der Waals surface area contributed by atoms with Gasteiger partial charge < -0.3 is 14.8 Å². The Hall–Kier alpha value is -3.34. The molecule has 5 nitrogen and oxygen atoms in total. The monoisotopic (exact) mass is 457 g/mol. The number of Topliss-reactive ketones (excluding diaryl/α,β-unsaturated/α-hetero) is 1. The molecule has 2 aromatic carbocycles. The number of carbonyl (C=O) groups is 2. The first-order valence-electron chi connectivity index (χ1n) is 12.2. The fraction of sp³-hybridized carbons (Fsp3) is 0.379. The molecule has 2 aromatic rings. The van der Waals surface area contributed by atoms with E-state index < -0.39 is 5.92 Å². The number of benzene rings is 2. The molecule has 2 unspecified atom stereocenters. The van der Waals surface area contributed by atoms with Gasteiger partial charge in [0.15, 0.2) is 5.78 Å². The molecular weight excluding hydrogens is 426 g/mol. The predicted molar refractivity (Wildman–Crippen MR) is 130 cm³/mol. The zero-order valence-electron chi connectivity index (χ0n) is 19.8. The van der Waals surface area contributed by atoms with Crippen molar-refractivity contribution in [2.45, 2.75) is 63.4 Å². The minimum absolute atomic E-state index is 0.0268. The van der Waals surface area contributed by atoms with Crippen molar-refractivity contribution < 1.29 is 19.1 Å². The lowest BCUT2D eigenvalue weighted by atomic mass is 9.72. The number of rotatable bonds is 5. The van der Waals surface area contributed by atoms with Crippen molar-refractivity contribution in [3.05, 3.63) is 88.3 Å². The van der Waals surface area contributed by atoms with E-state index in [1.165, 1.54) is 0 Å². The van der Waals surface area contributed by atoms with Gasteiger partial charge >= 0.3 is 5.97 Å². The third kappa shape index (κ3) is 4.27. The molecule has 0 aromatic heterocycles. The largest absolute Gasteiger partial charge is 0.497 e. The van der Waals surface area contributed by atoms with Crippen LogP contribution < -0.4 is 10.1 Å². The molecule has 0 spiro atoms. The highest BCUT2D eigenvalue weighted by Crippen LogP contribution is 2.46. The van der Waals surface area contributed by atoms with Crippen LogP contribution in [0.15, 0.2) is 77.1 Å². The van der Waals surface area contributed by atoms with Gasteiger partial charge in [0.1, 0.15) is 11.9 Å². The standard InChI is InChI=1S/C29H31NO4/c1-18-26(29(32)34-23-10-6-7-11-23)27(20-8-4-3-5-9-20)28-24(30-18)16-21(17-25(28)31)19-12-14-22(33-2)15-13-19/h3-5,8-9,12-15,21,23,27,30H,6-7,10-11,16-17H2,1-2H3. The Bertz CT molecular complexity index is 1140. The van der Waals surface area contributed by atoms with Crippen molar-refractivity contribution in [1.29, 1.82) is 0 Å². The molecule has 1 aliphatic heterocycles. The van der Waals surface area contributed by atoms with Gasteiger partial charge in [-0.2, -0.15) is 0 Å². The maximum absolute atomic E-state index is 13.6. The van der Waals surface area contributed by atoms with Crippen LogP contribution in [-0.4, -0.2) is 25.0 Å². The summed E-state index contributed by atoms with van der Waals surface area (Å²) in [7, 11) is 1.65. The van der Waals surface area contributed by atoms with E-state index >= 15 is 0 Å². The summed E-state index contributed by atoms with van der Waals surface area (Å²) in [5, 5.41) is 3.44.